The average molecular weight is 451 g/mol. The zero-order chi connectivity index (χ0) is 23.2. The number of hydrogen-bond acceptors (Lipinski definition) is 9. The summed E-state index contributed by atoms with van der Waals surface area (Å²) in [7, 11) is 0. The summed E-state index contributed by atoms with van der Waals surface area (Å²) in [5.74, 6) is 1.47. The smallest absolute Gasteiger partial charge is 0.228 e. The van der Waals surface area contributed by atoms with E-state index in [1.165, 1.54) is 0 Å². The second-order valence-corrected chi connectivity index (χ2v) is 7.69. The van der Waals surface area contributed by atoms with Crippen molar-refractivity contribution < 1.29 is 9.47 Å². The lowest BCUT2D eigenvalue weighted by Crippen LogP contribution is -2.26. The number of nitrogens with one attached hydrogen (secondary N) is 1. The summed E-state index contributed by atoms with van der Waals surface area (Å²) in [6, 6.07) is 16.9. The summed E-state index contributed by atoms with van der Waals surface area (Å²) in [4.78, 5) is 12.9. The van der Waals surface area contributed by atoms with Crippen LogP contribution < -0.4 is 10.1 Å². The number of rotatable bonds is 6. The quantitative estimate of drug-likeness (QED) is 0.461. The van der Waals surface area contributed by atoms with Gasteiger partial charge < -0.3 is 14.8 Å². The molecule has 4 aromatic rings. The Bertz CT molecular complexity index is 1300. The third kappa shape index (κ3) is 4.98. The number of aromatic nitrogens is 5. The molecule has 0 radical (unpaired) electrons. The first-order valence-electron chi connectivity index (χ1n) is 10.9. The maximum atomic E-state index is 9.65. The number of ether oxygens (including phenoxy) is 2. The Hall–Kier alpha value is -4.42. The maximum absolute atomic E-state index is 9.65. The molecule has 0 aliphatic carbocycles. The molecule has 168 valence electrons. The molecule has 0 bridgehead atoms. The van der Waals surface area contributed by atoms with Crippen LogP contribution in [0.3, 0.4) is 0 Å². The van der Waals surface area contributed by atoms with Gasteiger partial charge in [-0.2, -0.15) is 5.26 Å². The SMILES string of the molecule is N#Cc1cc(-c2ccnc(Nc3ccc(-c4cccnc4)nn3)n2)ccc1OC1CCOCC1. The van der Waals surface area contributed by atoms with Crippen molar-refractivity contribution in [2.24, 2.45) is 0 Å². The fourth-order valence-corrected chi connectivity index (χ4v) is 3.61. The van der Waals surface area contributed by atoms with E-state index in [9.17, 15) is 5.26 Å². The number of nitrogens with zero attached hydrogens (tertiary/aromatic N) is 6. The minimum absolute atomic E-state index is 0.0622. The number of hydrogen-bond donors (Lipinski definition) is 1. The molecule has 1 aliphatic rings. The van der Waals surface area contributed by atoms with Gasteiger partial charge in [-0.05, 0) is 48.5 Å². The van der Waals surface area contributed by atoms with Crippen molar-refractivity contribution in [2.75, 3.05) is 18.5 Å². The van der Waals surface area contributed by atoms with Crippen LogP contribution in [-0.4, -0.2) is 44.5 Å². The molecule has 0 amide bonds. The van der Waals surface area contributed by atoms with Crippen molar-refractivity contribution in [3.05, 3.63) is 72.7 Å². The Morgan fingerprint density at radius 1 is 0.971 bits per heavy atom. The molecule has 1 fully saturated rings. The van der Waals surface area contributed by atoms with Crippen LogP contribution >= 0.6 is 0 Å². The van der Waals surface area contributed by atoms with Crippen LogP contribution in [0.4, 0.5) is 11.8 Å². The van der Waals surface area contributed by atoms with Gasteiger partial charge in [0.2, 0.25) is 5.95 Å². The normalized spacial score (nSPS) is 13.7. The number of benzene rings is 1. The van der Waals surface area contributed by atoms with Crippen molar-refractivity contribution in [3.8, 4) is 34.3 Å². The molecule has 3 aromatic heterocycles. The van der Waals surface area contributed by atoms with Gasteiger partial charge in [0.15, 0.2) is 5.82 Å². The summed E-state index contributed by atoms with van der Waals surface area (Å²) < 4.78 is 11.4. The fourth-order valence-electron chi connectivity index (χ4n) is 3.61. The first-order chi connectivity index (χ1) is 16.8. The van der Waals surface area contributed by atoms with Crippen LogP contribution in [0.2, 0.25) is 0 Å². The highest BCUT2D eigenvalue weighted by atomic mass is 16.5. The molecule has 0 unspecified atom stereocenters. The lowest BCUT2D eigenvalue weighted by atomic mass is 10.1. The molecule has 4 heterocycles. The second kappa shape index (κ2) is 10.0. The molecule has 0 saturated carbocycles. The molecular formula is C25H21N7O2. The van der Waals surface area contributed by atoms with E-state index in [1.54, 1.807) is 30.7 Å². The highest BCUT2D eigenvalue weighted by molar-refractivity contribution is 5.66. The van der Waals surface area contributed by atoms with Crippen molar-refractivity contribution in [3.63, 3.8) is 0 Å². The molecule has 1 N–H and O–H groups in total. The summed E-state index contributed by atoms with van der Waals surface area (Å²) in [6.45, 7) is 1.36. The standard InChI is InChI=1S/C25H21N7O2/c26-15-19-14-17(3-5-23(19)34-20-8-12-33-13-9-20)21-7-11-28-25(29-21)30-24-6-4-22(31-32-24)18-2-1-10-27-16-18/h1-7,10-11,14,16,20H,8-9,12-13H2,(H,28,29,30,32). The fraction of sp³-hybridized carbons (Fsp3) is 0.200. The Labute approximate surface area is 196 Å². The lowest BCUT2D eigenvalue weighted by molar-refractivity contribution is 0.0254. The van der Waals surface area contributed by atoms with Crippen LogP contribution in [-0.2, 0) is 4.74 Å². The molecule has 1 saturated heterocycles. The maximum Gasteiger partial charge on any atom is 0.228 e. The van der Waals surface area contributed by atoms with E-state index in [0.717, 1.165) is 29.7 Å². The van der Waals surface area contributed by atoms with E-state index in [0.29, 0.717) is 42.0 Å². The van der Waals surface area contributed by atoms with Crippen LogP contribution in [0.15, 0.2) is 67.1 Å². The van der Waals surface area contributed by atoms with Crippen LogP contribution in [0.25, 0.3) is 22.5 Å². The van der Waals surface area contributed by atoms with Crippen molar-refractivity contribution in [2.45, 2.75) is 18.9 Å². The molecule has 0 atom stereocenters. The summed E-state index contributed by atoms with van der Waals surface area (Å²) in [6.07, 6.45) is 6.80. The van der Waals surface area contributed by atoms with Gasteiger partial charge in [-0.15, -0.1) is 10.2 Å². The summed E-state index contributed by atoms with van der Waals surface area (Å²) >= 11 is 0. The minimum atomic E-state index is 0.0622. The van der Waals surface area contributed by atoms with Crippen molar-refractivity contribution in [1.82, 2.24) is 25.1 Å². The molecule has 9 nitrogen and oxygen atoms in total. The first kappa shape index (κ1) is 21.4. The van der Waals surface area contributed by atoms with Gasteiger partial charge in [-0.25, -0.2) is 9.97 Å². The number of anilines is 2. The predicted molar refractivity (Wildman–Crippen MR) is 125 cm³/mol. The number of nitriles is 1. The van der Waals surface area contributed by atoms with Crippen molar-refractivity contribution in [1.29, 1.82) is 5.26 Å². The van der Waals surface area contributed by atoms with Crippen LogP contribution in [0.1, 0.15) is 18.4 Å². The van der Waals surface area contributed by atoms with Crippen LogP contribution in [0, 0.1) is 11.3 Å². The lowest BCUT2D eigenvalue weighted by Gasteiger charge is -2.23. The Morgan fingerprint density at radius 2 is 1.88 bits per heavy atom. The molecule has 9 heteroatoms. The van der Waals surface area contributed by atoms with Gasteiger partial charge in [0.25, 0.3) is 0 Å². The van der Waals surface area contributed by atoms with E-state index < -0.39 is 0 Å². The highest BCUT2D eigenvalue weighted by Crippen LogP contribution is 2.28. The third-order valence-electron chi connectivity index (χ3n) is 5.38. The van der Waals surface area contributed by atoms with Crippen molar-refractivity contribution >= 4 is 11.8 Å². The predicted octanol–water partition coefficient (Wildman–Crippen LogP) is 4.17. The molecule has 1 aliphatic heterocycles. The molecule has 5 rings (SSSR count). The third-order valence-corrected chi connectivity index (χ3v) is 5.38. The minimum Gasteiger partial charge on any atom is -0.489 e. The largest absolute Gasteiger partial charge is 0.489 e. The van der Waals surface area contributed by atoms with E-state index in [-0.39, 0.29) is 6.10 Å². The average Bonchev–Trinajstić information content (AvgIpc) is 2.91. The zero-order valence-corrected chi connectivity index (χ0v) is 18.3. The molecular weight excluding hydrogens is 430 g/mol. The number of pyridine rings is 1. The topological polar surface area (TPSA) is 119 Å². The molecule has 1 aromatic carbocycles. The monoisotopic (exact) mass is 451 g/mol. The summed E-state index contributed by atoms with van der Waals surface area (Å²) in [5, 5.41) is 21.2. The zero-order valence-electron chi connectivity index (χ0n) is 18.3. The van der Waals surface area contributed by atoms with Gasteiger partial charge >= 0.3 is 0 Å². The van der Waals surface area contributed by atoms with Gasteiger partial charge in [-0.1, -0.05) is 0 Å². The molecule has 0 spiro atoms. The Kier molecular flexibility index (Phi) is 6.31. The highest BCUT2D eigenvalue weighted by Gasteiger charge is 2.17. The molecule has 34 heavy (non-hydrogen) atoms. The van der Waals surface area contributed by atoms with E-state index in [1.807, 2.05) is 36.4 Å². The van der Waals surface area contributed by atoms with Gasteiger partial charge in [0.05, 0.1) is 30.2 Å². The van der Waals surface area contributed by atoms with E-state index in [2.05, 4.69) is 36.5 Å². The first-order valence-corrected chi connectivity index (χ1v) is 10.9. The summed E-state index contributed by atoms with van der Waals surface area (Å²) in [5.41, 5.74) is 3.54. The Balaban J connectivity index is 1.32. The van der Waals surface area contributed by atoms with Gasteiger partial charge in [0, 0.05) is 42.6 Å². The van der Waals surface area contributed by atoms with Gasteiger partial charge in [-0.3, -0.25) is 4.98 Å². The Morgan fingerprint density at radius 3 is 2.65 bits per heavy atom. The van der Waals surface area contributed by atoms with E-state index >= 15 is 0 Å². The van der Waals surface area contributed by atoms with Gasteiger partial charge in [0.1, 0.15) is 17.9 Å². The van der Waals surface area contributed by atoms with Crippen LogP contribution in [0.5, 0.6) is 5.75 Å². The van der Waals surface area contributed by atoms with E-state index in [4.69, 9.17) is 9.47 Å². The second-order valence-electron chi connectivity index (χ2n) is 7.69.